The third-order valence-corrected chi connectivity index (χ3v) is 5.72. The van der Waals surface area contributed by atoms with E-state index in [-0.39, 0.29) is 12.0 Å². The van der Waals surface area contributed by atoms with Crippen LogP contribution in [0.4, 0.5) is 0 Å². The van der Waals surface area contributed by atoms with Gasteiger partial charge in [0.05, 0.1) is 12.2 Å². The van der Waals surface area contributed by atoms with Gasteiger partial charge in [0, 0.05) is 25.7 Å². The Morgan fingerprint density at radius 1 is 1.20 bits per heavy atom. The number of benzene rings is 1. The van der Waals surface area contributed by atoms with Crippen LogP contribution in [0.1, 0.15) is 60.8 Å². The Labute approximate surface area is 149 Å². The first-order valence-corrected chi connectivity index (χ1v) is 9.49. The van der Waals surface area contributed by atoms with Crippen LogP contribution in [0.15, 0.2) is 36.7 Å². The largest absolute Gasteiger partial charge is 0.335 e. The lowest BCUT2D eigenvalue weighted by Gasteiger charge is -2.31. The number of likely N-dealkylation sites (tertiary alicyclic amines) is 1. The minimum atomic E-state index is 0.148. The molecule has 1 aliphatic carbocycles. The van der Waals surface area contributed by atoms with Gasteiger partial charge in [-0.1, -0.05) is 42.7 Å². The molecule has 0 unspecified atom stereocenters. The minimum absolute atomic E-state index is 0.148. The number of amides is 1. The lowest BCUT2D eigenvalue weighted by atomic mass is 9.98. The van der Waals surface area contributed by atoms with Gasteiger partial charge >= 0.3 is 0 Å². The van der Waals surface area contributed by atoms with Gasteiger partial charge in [0.2, 0.25) is 5.91 Å². The van der Waals surface area contributed by atoms with Crippen LogP contribution < -0.4 is 0 Å². The molecule has 2 aliphatic rings. The molecule has 2 heterocycles. The summed E-state index contributed by atoms with van der Waals surface area (Å²) >= 11 is 0. The average molecular weight is 337 g/mol. The van der Waals surface area contributed by atoms with Crippen molar-refractivity contribution in [1.29, 1.82) is 0 Å². The maximum atomic E-state index is 13.3. The molecular weight excluding hydrogens is 310 g/mol. The summed E-state index contributed by atoms with van der Waals surface area (Å²) in [7, 11) is 1.94. The maximum Gasteiger partial charge on any atom is 0.226 e. The number of hydrogen-bond acceptors (Lipinski definition) is 2. The van der Waals surface area contributed by atoms with Crippen molar-refractivity contribution < 1.29 is 4.79 Å². The van der Waals surface area contributed by atoms with Gasteiger partial charge in [-0.3, -0.25) is 9.48 Å². The van der Waals surface area contributed by atoms with E-state index >= 15 is 0 Å². The first-order valence-electron chi connectivity index (χ1n) is 9.49. The summed E-state index contributed by atoms with van der Waals surface area (Å²) in [5, 5.41) is 4.26. The summed E-state index contributed by atoms with van der Waals surface area (Å²) < 4.78 is 1.83. The fourth-order valence-corrected chi connectivity index (χ4v) is 4.28. The zero-order valence-corrected chi connectivity index (χ0v) is 15.2. The Hall–Kier alpha value is -2.10. The average Bonchev–Trinajstić information content (AvgIpc) is 3.34. The summed E-state index contributed by atoms with van der Waals surface area (Å²) in [6.45, 7) is 3.03. The van der Waals surface area contributed by atoms with E-state index in [1.165, 1.54) is 29.5 Å². The van der Waals surface area contributed by atoms with Crippen LogP contribution in [0.5, 0.6) is 0 Å². The zero-order valence-electron chi connectivity index (χ0n) is 15.2. The second-order valence-corrected chi connectivity index (χ2v) is 7.71. The minimum Gasteiger partial charge on any atom is -0.335 e. The van der Waals surface area contributed by atoms with Crippen molar-refractivity contribution in [2.75, 3.05) is 6.54 Å². The van der Waals surface area contributed by atoms with Crippen LogP contribution in [0.2, 0.25) is 0 Å². The SMILES string of the molecule is Cc1cccc([C@@H]2CCCCCN2C(=O)[C@H]2C[C@H]2c2cnn(C)c2)c1. The number of carbonyl (C=O) groups is 1. The number of carbonyl (C=O) groups excluding carboxylic acids is 1. The van der Waals surface area contributed by atoms with Crippen LogP contribution in [0.3, 0.4) is 0 Å². The van der Waals surface area contributed by atoms with Gasteiger partial charge in [0.1, 0.15) is 0 Å². The molecule has 1 amide bonds. The molecule has 1 saturated carbocycles. The molecule has 4 rings (SSSR count). The Balaban J connectivity index is 1.54. The van der Waals surface area contributed by atoms with Crippen LogP contribution in [-0.4, -0.2) is 27.1 Å². The van der Waals surface area contributed by atoms with E-state index in [0.29, 0.717) is 11.8 Å². The highest BCUT2D eigenvalue weighted by Gasteiger charge is 2.47. The van der Waals surface area contributed by atoms with Crippen LogP contribution >= 0.6 is 0 Å². The van der Waals surface area contributed by atoms with Crippen LogP contribution in [0.25, 0.3) is 0 Å². The summed E-state index contributed by atoms with van der Waals surface area (Å²) in [5.41, 5.74) is 3.78. The topological polar surface area (TPSA) is 38.1 Å². The summed E-state index contributed by atoms with van der Waals surface area (Å²) in [6, 6.07) is 8.93. The number of nitrogens with zero attached hydrogens (tertiary/aromatic N) is 3. The molecule has 1 aromatic heterocycles. The molecule has 1 saturated heterocycles. The molecule has 4 heteroatoms. The number of hydrogen-bond donors (Lipinski definition) is 0. The Kier molecular flexibility index (Phi) is 4.36. The van der Waals surface area contributed by atoms with Gasteiger partial charge in [-0.05, 0) is 43.2 Å². The molecule has 0 N–H and O–H groups in total. The van der Waals surface area contributed by atoms with E-state index in [0.717, 1.165) is 25.8 Å². The van der Waals surface area contributed by atoms with Crippen LogP contribution in [0, 0.1) is 12.8 Å². The first kappa shape index (κ1) is 16.4. The van der Waals surface area contributed by atoms with E-state index < -0.39 is 0 Å². The van der Waals surface area contributed by atoms with Gasteiger partial charge in [-0.2, -0.15) is 5.10 Å². The van der Waals surface area contributed by atoms with E-state index in [1.807, 2.05) is 17.9 Å². The van der Waals surface area contributed by atoms with Crippen molar-refractivity contribution in [3.05, 3.63) is 53.3 Å². The highest BCUT2D eigenvalue weighted by atomic mass is 16.2. The molecule has 25 heavy (non-hydrogen) atoms. The summed E-state index contributed by atoms with van der Waals surface area (Å²) in [6.07, 6.45) is 9.58. The van der Waals surface area contributed by atoms with Gasteiger partial charge in [0.15, 0.2) is 0 Å². The lowest BCUT2D eigenvalue weighted by molar-refractivity contribution is -0.135. The van der Waals surface area contributed by atoms with E-state index in [4.69, 9.17) is 0 Å². The molecule has 2 aromatic rings. The Bertz CT molecular complexity index is 766. The van der Waals surface area contributed by atoms with Crippen molar-refractivity contribution in [2.24, 2.45) is 13.0 Å². The second-order valence-electron chi connectivity index (χ2n) is 7.71. The normalized spacial score (nSPS) is 26.3. The van der Waals surface area contributed by atoms with Crippen LogP contribution in [-0.2, 0) is 11.8 Å². The fraction of sp³-hybridized carbons (Fsp3) is 0.524. The Morgan fingerprint density at radius 2 is 2.08 bits per heavy atom. The predicted octanol–water partition coefficient (Wildman–Crippen LogP) is 3.98. The third kappa shape index (κ3) is 3.35. The molecule has 3 atom stereocenters. The number of rotatable bonds is 3. The maximum absolute atomic E-state index is 13.3. The molecule has 2 fully saturated rings. The van der Waals surface area contributed by atoms with Gasteiger partial charge in [-0.15, -0.1) is 0 Å². The van der Waals surface area contributed by atoms with Gasteiger partial charge in [-0.25, -0.2) is 0 Å². The standard InChI is InChI=1S/C21H27N3O/c1-15-7-6-8-16(11-15)20-9-4-3-5-10-24(20)21(25)19-12-18(19)17-13-22-23(2)14-17/h6-8,11,13-14,18-20H,3-5,9-10,12H2,1-2H3/t18-,19-,20-/m0/s1. The predicted molar refractivity (Wildman–Crippen MR) is 98.2 cm³/mol. The molecule has 0 radical (unpaired) electrons. The highest BCUT2D eigenvalue weighted by molar-refractivity contribution is 5.83. The smallest absolute Gasteiger partial charge is 0.226 e. The Morgan fingerprint density at radius 3 is 2.84 bits per heavy atom. The monoisotopic (exact) mass is 337 g/mol. The quantitative estimate of drug-likeness (QED) is 0.850. The molecule has 132 valence electrons. The molecule has 1 aliphatic heterocycles. The number of aryl methyl sites for hydroxylation is 2. The van der Waals surface area contributed by atoms with E-state index in [2.05, 4.69) is 47.4 Å². The van der Waals surface area contributed by atoms with Gasteiger partial charge in [0.25, 0.3) is 0 Å². The first-order chi connectivity index (χ1) is 12.1. The van der Waals surface area contributed by atoms with Crippen molar-refractivity contribution in [3.63, 3.8) is 0 Å². The summed E-state index contributed by atoms with van der Waals surface area (Å²) in [5.74, 6) is 0.861. The van der Waals surface area contributed by atoms with E-state index in [1.54, 1.807) is 0 Å². The van der Waals surface area contributed by atoms with Crippen molar-refractivity contribution in [2.45, 2.75) is 51.0 Å². The van der Waals surface area contributed by atoms with Crippen molar-refractivity contribution in [1.82, 2.24) is 14.7 Å². The summed E-state index contributed by atoms with van der Waals surface area (Å²) in [4.78, 5) is 15.5. The third-order valence-electron chi connectivity index (χ3n) is 5.72. The molecule has 4 nitrogen and oxygen atoms in total. The highest BCUT2D eigenvalue weighted by Crippen LogP contribution is 2.49. The molecule has 0 spiro atoms. The van der Waals surface area contributed by atoms with Crippen molar-refractivity contribution >= 4 is 5.91 Å². The molecular formula is C21H27N3O. The van der Waals surface area contributed by atoms with Crippen molar-refractivity contribution in [3.8, 4) is 0 Å². The fourth-order valence-electron chi connectivity index (χ4n) is 4.28. The molecule has 1 aromatic carbocycles. The van der Waals surface area contributed by atoms with Gasteiger partial charge < -0.3 is 4.90 Å². The number of aromatic nitrogens is 2. The lowest BCUT2D eigenvalue weighted by Crippen LogP contribution is -2.36. The molecule has 0 bridgehead atoms. The van der Waals surface area contributed by atoms with E-state index in [9.17, 15) is 4.79 Å². The second kappa shape index (κ2) is 6.66. The zero-order chi connectivity index (χ0) is 17.4.